The molecule has 1 heterocycles. The van der Waals surface area contributed by atoms with Gasteiger partial charge < -0.3 is 15.5 Å². The number of aliphatic imine (C=N–C) groups is 1. The molecule has 156 valence electrons. The predicted molar refractivity (Wildman–Crippen MR) is 118 cm³/mol. The first-order chi connectivity index (χ1) is 13.4. The molecule has 1 aliphatic rings. The number of rotatable bonds is 9. The summed E-state index contributed by atoms with van der Waals surface area (Å²) < 4.78 is 0. The lowest BCUT2D eigenvalue weighted by Crippen LogP contribution is -2.41. The number of nitrogens with zero attached hydrogens (tertiary/aromatic N) is 3. The van der Waals surface area contributed by atoms with Crippen LogP contribution in [0.5, 0.6) is 0 Å². The SMILES string of the molecule is CN=C(NCCCN(C(C)C)C(C)C)NCc1ccc(N2CCCC2=O)cc1. The average molecular weight is 388 g/mol. The molecule has 1 saturated heterocycles. The van der Waals surface area contributed by atoms with Crippen molar-refractivity contribution in [3.8, 4) is 0 Å². The number of anilines is 1. The highest BCUT2D eigenvalue weighted by molar-refractivity contribution is 5.95. The maximum absolute atomic E-state index is 11.8. The van der Waals surface area contributed by atoms with E-state index in [-0.39, 0.29) is 5.91 Å². The van der Waals surface area contributed by atoms with Crippen molar-refractivity contribution in [2.75, 3.05) is 31.6 Å². The normalized spacial score (nSPS) is 15.2. The molecule has 0 bridgehead atoms. The third-order valence-electron chi connectivity index (χ3n) is 5.22. The smallest absolute Gasteiger partial charge is 0.227 e. The van der Waals surface area contributed by atoms with Gasteiger partial charge in [0.2, 0.25) is 5.91 Å². The quantitative estimate of drug-likeness (QED) is 0.388. The van der Waals surface area contributed by atoms with Crippen LogP contribution < -0.4 is 15.5 Å². The Hall–Kier alpha value is -2.08. The van der Waals surface area contributed by atoms with Gasteiger partial charge in [-0.1, -0.05) is 12.1 Å². The van der Waals surface area contributed by atoms with Crippen LogP contribution >= 0.6 is 0 Å². The molecule has 2 rings (SSSR count). The predicted octanol–water partition coefficient (Wildman–Crippen LogP) is 2.99. The Morgan fingerprint density at radius 2 is 1.82 bits per heavy atom. The Morgan fingerprint density at radius 3 is 2.36 bits per heavy atom. The van der Waals surface area contributed by atoms with Crippen molar-refractivity contribution in [1.29, 1.82) is 0 Å². The molecular weight excluding hydrogens is 350 g/mol. The van der Waals surface area contributed by atoms with E-state index in [4.69, 9.17) is 0 Å². The van der Waals surface area contributed by atoms with E-state index in [2.05, 4.69) is 60.4 Å². The van der Waals surface area contributed by atoms with Crippen LogP contribution in [-0.2, 0) is 11.3 Å². The summed E-state index contributed by atoms with van der Waals surface area (Å²) in [5.74, 6) is 1.04. The second kappa shape index (κ2) is 11.1. The second-order valence-corrected chi connectivity index (χ2v) is 7.95. The van der Waals surface area contributed by atoms with Crippen LogP contribution in [0.2, 0.25) is 0 Å². The molecule has 1 amide bonds. The van der Waals surface area contributed by atoms with Gasteiger partial charge in [-0.3, -0.25) is 14.7 Å². The summed E-state index contributed by atoms with van der Waals surface area (Å²) >= 11 is 0. The lowest BCUT2D eigenvalue weighted by atomic mass is 10.2. The maximum atomic E-state index is 11.8. The highest BCUT2D eigenvalue weighted by Crippen LogP contribution is 2.21. The molecule has 0 radical (unpaired) electrons. The van der Waals surface area contributed by atoms with Gasteiger partial charge in [0.15, 0.2) is 5.96 Å². The first-order valence-corrected chi connectivity index (χ1v) is 10.5. The Kier molecular flexibility index (Phi) is 8.77. The number of guanidine groups is 1. The summed E-state index contributed by atoms with van der Waals surface area (Å²) in [4.78, 5) is 20.5. The molecule has 0 atom stereocenters. The number of hydrogen-bond donors (Lipinski definition) is 2. The largest absolute Gasteiger partial charge is 0.356 e. The Bertz CT molecular complexity index is 631. The van der Waals surface area contributed by atoms with Crippen molar-refractivity contribution in [2.45, 2.75) is 65.6 Å². The summed E-state index contributed by atoms with van der Waals surface area (Å²) in [5.41, 5.74) is 2.16. The molecule has 0 saturated carbocycles. The third kappa shape index (κ3) is 6.51. The number of carbonyl (C=O) groups is 1. The standard InChI is InChI=1S/C22H37N5O/c1-17(2)26(18(3)4)15-7-13-24-22(23-5)25-16-19-9-11-20(12-10-19)27-14-6-8-21(27)28/h9-12,17-18H,6-8,13-16H2,1-5H3,(H2,23,24,25). The van der Waals surface area contributed by atoms with E-state index in [1.807, 2.05) is 17.0 Å². The Labute approximate surface area is 170 Å². The van der Waals surface area contributed by atoms with Gasteiger partial charge in [-0.25, -0.2) is 0 Å². The highest BCUT2D eigenvalue weighted by atomic mass is 16.2. The first-order valence-electron chi connectivity index (χ1n) is 10.5. The van der Waals surface area contributed by atoms with E-state index in [0.29, 0.717) is 25.0 Å². The van der Waals surface area contributed by atoms with Crippen molar-refractivity contribution in [3.05, 3.63) is 29.8 Å². The van der Waals surface area contributed by atoms with Crippen LogP contribution in [0.1, 0.15) is 52.5 Å². The van der Waals surface area contributed by atoms with Crippen LogP contribution in [0.3, 0.4) is 0 Å². The second-order valence-electron chi connectivity index (χ2n) is 7.95. The van der Waals surface area contributed by atoms with E-state index >= 15 is 0 Å². The van der Waals surface area contributed by atoms with Crippen LogP contribution in [0, 0.1) is 0 Å². The van der Waals surface area contributed by atoms with E-state index in [1.165, 1.54) is 5.56 Å². The summed E-state index contributed by atoms with van der Waals surface area (Å²) in [5, 5.41) is 6.76. The van der Waals surface area contributed by atoms with Gasteiger partial charge >= 0.3 is 0 Å². The lowest BCUT2D eigenvalue weighted by Gasteiger charge is -2.30. The zero-order valence-corrected chi connectivity index (χ0v) is 18.2. The lowest BCUT2D eigenvalue weighted by molar-refractivity contribution is -0.117. The van der Waals surface area contributed by atoms with Gasteiger partial charge in [-0.2, -0.15) is 0 Å². The van der Waals surface area contributed by atoms with Crippen molar-refractivity contribution >= 4 is 17.6 Å². The number of nitrogens with one attached hydrogen (secondary N) is 2. The van der Waals surface area contributed by atoms with Crippen LogP contribution in [-0.4, -0.2) is 55.5 Å². The Balaban J connectivity index is 1.74. The zero-order valence-electron chi connectivity index (χ0n) is 18.2. The fourth-order valence-electron chi connectivity index (χ4n) is 3.70. The van der Waals surface area contributed by atoms with Crippen molar-refractivity contribution in [3.63, 3.8) is 0 Å². The molecular formula is C22H37N5O. The van der Waals surface area contributed by atoms with Gasteiger partial charge in [-0.05, 0) is 58.2 Å². The van der Waals surface area contributed by atoms with Crippen molar-refractivity contribution < 1.29 is 4.79 Å². The van der Waals surface area contributed by atoms with E-state index in [9.17, 15) is 4.79 Å². The topological polar surface area (TPSA) is 60.0 Å². The average Bonchev–Trinajstić information content (AvgIpc) is 3.09. The van der Waals surface area contributed by atoms with E-state index in [0.717, 1.165) is 44.1 Å². The molecule has 0 unspecified atom stereocenters. The summed E-state index contributed by atoms with van der Waals surface area (Å²) in [6.45, 7) is 12.5. The molecule has 1 fully saturated rings. The molecule has 1 aliphatic heterocycles. The molecule has 1 aromatic carbocycles. The Morgan fingerprint density at radius 1 is 1.14 bits per heavy atom. The van der Waals surface area contributed by atoms with Gasteiger partial charge in [-0.15, -0.1) is 0 Å². The highest BCUT2D eigenvalue weighted by Gasteiger charge is 2.21. The van der Waals surface area contributed by atoms with Gasteiger partial charge in [0, 0.05) is 57.4 Å². The molecule has 1 aromatic rings. The van der Waals surface area contributed by atoms with Gasteiger partial charge in [0.05, 0.1) is 0 Å². The first kappa shape index (κ1) is 22.2. The molecule has 6 nitrogen and oxygen atoms in total. The number of hydrogen-bond acceptors (Lipinski definition) is 3. The number of carbonyl (C=O) groups excluding carboxylic acids is 1. The number of amides is 1. The molecule has 0 spiro atoms. The number of benzene rings is 1. The molecule has 0 aliphatic carbocycles. The third-order valence-corrected chi connectivity index (χ3v) is 5.22. The minimum Gasteiger partial charge on any atom is -0.356 e. The van der Waals surface area contributed by atoms with Crippen molar-refractivity contribution in [1.82, 2.24) is 15.5 Å². The molecule has 28 heavy (non-hydrogen) atoms. The van der Waals surface area contributed by atoms with Gasteiger partial charge in [0.25, 0.3) is 0 Å². The van der Waals surface area contributed by atoms with E-state index in [1.54, 1.807) is 7.05 Å². The minimum absolute atomic E-state index is 0.226. The van der Waals surface area contributed by atoms with E-state index < -0.39 is 0 Å². The minimum atomic E-state index is 0.226. The van der Waals surface area contributed by atoms with Crippen LogP contribution in [0.4, 0.5) is 5.69 Å². The molecule has 2 N–H and O–H groups in total. The molecule has 0 aromatic heterocycles. The fraction of sp³-hybridized carbons (Fsp3) is 0.636. The summed E-state index contributed by atoms with van der Waals surface area (Å²) in [6, 6.07) is 9.34. The van der Waals surface area contributed by atoms with Crippen LogP contribution in [0.15, 0.2) is 29.3 Å². The maximum Gasteiger partial charge on any atom is 0.227 e. The van der Waals surface area contributed by atoms with Gasteiger partial charge in [0.1, 0.15) is 0 Å². The summed E-state index contributed by atoms with van der Waals surface area (Å²) in [6.07, 6.45) is 2.70. The monoisotopic (exact) mass is 387 g/mol. The molecule has 6 heteroatoms. The zero-order chi connectivity index (χ0) is 20.5. The van der Waals surface area contributed by atoms with Crippen LogP contribution in [0.25, 0.3) is 0 Å². The van der Waals surface area contributed by atoms with Crippen molar-refractivity contribution in [2.24, 2.45) is 4.99 Å². The fourth-order valence-corrected chi connectivity index (χ4v) is 3.70. The summed E-state index contributed by atoms with van der Waals surface area (Å²) in [7, 11) is 1.80.